The zero-order valence-corrected chi connectivity index (χ0v) is 9.85. The van der Waals surface area contributed by atoms with Crippen LogP contribution in [0.3, 0.4) is 0 Å². The summed E-state index contributed by atoms with van der Waals surface area (Å²) in [7, 11) is 0. The maximum absolute atomic E-state index is 11.3. The summed E-state index contributed by atoms with van der Waals surface area (Å²) in [6, 6.07) is 0. The second-order valence-corrected chi connectivity index (χ2v) is 4.02. The Bertz CT molecular complexity index is 272. The number of hydrogen-bond donors (Lipinski definition) is 4. The molecular formula is C10H19NO6. The van der Waals surface area contributed by atoms with Gasteiger partial charge in [-0.05, 0) is 6.92 Å². The number of ether oxygens (including phenoxy) is 1. The van der Waals surface area contributed by atoms with Crippen LogP contribution in [-0.4, -0.2) is 75.0 Å². The number of nitrogens with zero attached hydrogens (tertiary/aromatic N) is 1. The number of hydrogen-bond acceptors (Lipinski definition) is 6. The molecule has 1 aliphatic rings. The molecule has 7 heteroatoms. The lowest BCUT2D eigenvalue weighted by Crippen LogP contribution is -2.63. The van der Waals surface area contributed by atoms with Crippen LogP contribution in [0.1, 0.15) is 13.8 Å². The molecule has 0 spiro atoms. The van der Waals surface area contributed by atoms with Gasteiger partial charge in [-0.2, -0.15) is 0 Å². The molecule has 1 saturated heterocycles. The lowest BCUT2D eigenvalue weighted by atomic mass is 9.98. The van der Waals surface area contributed by atoms with Crippen molar-refractivity contribution in [2.24, 2.45) is 0 Å². The van der Waals surface area contributed by atoms with Crippen molar-refractivity contribution in [2.45, 2.75) is 44.5 Å². The van der Waals surface area contributed by atoms with Crippen LogP contribution in [0.5, 0.6) is 0 Å². The van der Waals surface area contributed by atoms with E-state index in [1.165, 1.54) is 11.8 Å². The molecule has 1 amide bonds. The highest BCUT2D eigenvalue weighted by molar-refractivity contribution is 5.73. The fraction of sp³-hybridized carbons (Fsp3) is 0.900. The van der Waals surface area contributed by atoms with Gasteiger partial charge in [-0.25, -0.2) is 0 Å². The quantitative estimate of drug-likeness (QED) is 0.446. The standard InChI is InChI=1S/C10H19NO6/c1-3-11(5(2)13)10-9(16)8(15)7(14)6(4-12)17-10/h6-10,12,14-16H,3-4H2,1-2H3/t6-,7-,8+,9-,10?/m1/s1. The van der Waals surface area contributed by atoms with Gasteiger partial charge in [0.15, 0.2) is 6.23 Å². The van der Waals surface area contributed by atoms with Crippen molar-refractivity contribution in [2.75, 3.05) is 13.2 Å². The van der Waals surface area contributed by atoms with Crippen LogP contribution in [0.4, 0.5) is 0 Å². The molecule has 100 valence electrons. The number of amides is 1. The van der Waals surface area contributed by atoms with Crippen molar-refractivity contribution < 1.29 is 30.0 Å². The van der Waals surface area contributed by atoms with Crippen molar-refractivity contribution in [3.8, 4) is 0 Å². The van der Waals surface area contributed by atoms with Crippen molar-refractivity contribution in [3.63, 3.8) is 0 Å². The van der Waals surface area contributed by atoms with Crippen molar-refractivity contribution in [1.82, 2.24) is 4.90 Å². The number of carbonyl (C=O) groups is 1. The minimum absolute atomic E-state index is 0.290. The maximum atomic E-state index is 11.3. The summed E-state index contributed by atoms with van der Waals surface area (Å²) in [5, 5.41) is 37.9. The van der Waals surface area contributed by atoms with Crippen LogP contribution >= 0.6 is 0 Å². The van der Waals surface area contributed by atoms with Gasteiger partial charge < -0.3 is 30.1 Å². The third-order valence-corrected chi connectivity index (χ3v) is 2.92. The van der Waals surface area contributed by atoms with Crippen LogP contribution in [0, 0.1) is 0 Å². The molecule has 4 N–H and O–H groups in total. The number of carbonyl (C=O) groups excluding carboxylic acids is 1. The summed E-state index contributed by atoms with van der Waals surface area (Å²) in [6.45, 7) is 2.79. The molecule has 0 aliphatic carbocycles. The highest BCUT2D eigenvalue weighted by atomic mass is 16.6. The van der Waals surface area contributed by atoms with Gasteiger partial charge in [0.05, 0.1) is 6.61 Å². The molecule has 0 aromatic heterocycles. The van der Waals surface area contributed by atoms with E-state index < -0.39 is 37.3 Å². The molecule has 0 bridgehead atoms. The molecule has 0 radical (unpaired) electrons. The Morgan fingerprint density at radius 2 is 1.82 bits per heavy atom. The molecule has 7 nitrogen and oxygen atoms in total. The number of aliphatic hydroxyl groups is 4. The molecule has 1 aliphatic heterocycles. The Kier molecular flexibility index (Phi) is 4.84. The first kappa shape index (κ1) is 14.3. The van der Waals surface area contributed by atoms with E-state index in [0.717, 1.165) is 0 Å². The minimum Gasteiger partial charge on any atom is -0.394 e. The molecule has 0 aromatic rings. The van der Waals surface area contributed by atoms with Gasteiger partial charge in [-0.15, -0.1) is 0 Å². The summed E-state index contributed by atoms with van der Waals surface area (Å²) in [5.74, 6) is -0.322. The van der Waals surface area contributed by atoms with Crippen LogP contribution in [-0.2, 0) is 9.53 Å². The Hall–Kier alpha value is -0.730. The van der Waals surface area contributed by atoms with Crippen molar-refractivity contribution in [3.05, 3.63) is 0 Å². The summed E-state index contributed by atoms with van der Waals surface area (Å²) in [4.78, 5) is 12.6. The summed E-state index contributed by atoms with van der Waals surface area (Å²) >= 11 is 0. The van der Waals surface area contributed by atoms with Gasteiger partial charge in [-0.3, -0.25) is 4.79 Å². The van der Waals surface area contributed by atoms with Gasteiger partial charge in [0.2, 0.25) is 5.91 Å². The van der Waals surface area contributed by atoms with E-state index in [0.29, 0.717) is 0 Å². The van der Waals surface area contributed by atoms with E-state index in [4.69, 9.17) is 9.84 Å². The largest absolute Gasteiger partial charge is 0.394 e. The van der Waals surface area contributed by atoms with E-state index in [9.17, 15) is 20.1 Å². The van der Waals surface area contributed by atoms with Crippen LogP contribution < -0.4 is 0 Å². The normalized spacial score (nSPS) is 37.9. The average molecular weight is 249 g/mol. The fourth-order valence-corrected chi connectivity index (χ4v) is 1.92. The molecule has 5 atom stereocenters. The molecule has 0 aromatic carbocycles. The van der Waals surface area contributed by atoms with Crippen LogP contribution in [0.15, 0.2) is 0 Å². The SMILES string of the molecule is CCN(C(C)=O)C1O[C@H](CO)[C@@H](O)[C@H](O)[C@H]1O. The fourth-order valence-electron chi connectivity index (χ4n) is 1.92. The lowest BCUT2D eigenvalue weighted by molar-refractivity contribution is -0.261. The number of aliphatic hydroxyl groups excluding tert-OH is 4. The molecule has 1 rings (SSSR count). The first-order chi connectivity index (χ1) is 7.93. The predicted molar refractivity (Wildman–Crippen MR) is 56.8 cm³/mol. The Labute approximate surface area is 99.2 Å². The lowest BCUT2D eigenvalue weighted by Gasteiger charge is -2.44. The zero-order valence-electron chi connectivity index (χ0n) is 9.85. The van der Waals surface area contributed by atoms with Crippen molar-refractivity contribution in [1.29, 1.82) is 0 Å². The van der Waals surface area contributed by atoms with E-state index in [1.807, 2.05) is 0 Å². The minimum atomic E-state index is -1.46. The van der Waals surface area contributed by atoms with E-state index >= 15 is 0 Å². The van der Waals surface area contributed by atoms with E-state index in [2.05, 4.69) is 0 Å². The Morgan fingerprint density at radius 3 is 2.24 bits per heavy atom. The predicted octanol–water partition coefficient (Wildman–Crippen LogP) is -2.35. The summed E-state index contributed by atoms with van der Waals surface area (Å²) in [5.41, 5.74) is 0. The Balaban J connectivity index is 2.87. The highest BCUT2D eigenvalue weighted by Gasteiger charge is 2.45. The van der Waals surface area contributed by atoms with Crippen LogP contribution in [0.2, 0.25) is 0 Å². The van der Waals surface area contributed by atoms with E-state index in [-0.39, 0.29) is 12.5 Å². The molecule has 1 fully saturated rings. The number of rotatable bonds is 3. The zero-order chi connectivity index (χ0) is 13.2. The first-order valence-electron chi connectivity index (χ1n) is 5.51. The first-order valence-corrected chi connectivity index (χ1v) is 5.51. The van der Waals surface area contributed by atoms with Gasteiger partial charge >= 0.3 is 0 Å². The third-order valence-electron chi connectivity index (χ3n) is 2.92. The molecular weight excluding hydrogens is 230 g/mol. The average Bonchev–Trinajstić information content (AvgIpc) is 2.29. The molecule has 0 saturated carbocycles. The maximum Gasteiger partial charge on any atom is 0.221 e. The smallest absolute Gasteiger partial charge is 0.221 e. The van der Waals surface area contributed by atoms with E-state index in [1.54, 1.807) is 6.92 Å². The second-order valence-electron chi connectivity index (χ2n) is 4.02. The molecule has 1 heterocycles. The highest BCUT2D eigenvalue weighted by Crippen LogP contribution is 2.23. The van der Waals surface area contributed by atoms with Crippen LogP contribution in [0.25, 0.3) is 0 Å². The van der Waals surface area contributed by atoms with Crippen molar-refractivity contribution >= 4 is 5.91 Å². The summed E-state index contributed by atoms with van der Waals surface area (Å²) < 4.78 is 5.24. The molecule has 1 unspecified atom stereocenters. The topological polar surface area (TPSA) is 110 Å². The van der Waals surface area contributed by atoms with Gasteiger partial charge in [0, 0.05) is 13.5 Å². The van der Waals surface area contributed by atoms with Gasteiger partial charge in [-0.1, -0.05) is 0 Å². The molecule has 17 heavy (non-hydrogen) atoms. The van der Waals surface area contributed by atoms with Gasteiger partial charge in [0.1, 0.15) is 24.4 Å². The Morgan fingerprint density at radius 1 is 1.24 bits per heavy atom. The third kappa shape index (κ3) is 2.75. The number of likely N-dealkylation sites (N-methyl/N-ethyl adjacent to an activating group) is 1. The monoisotopic (exact) mass is 249 g/mol. The van der Waals surface area contributed by atoms with Gasteiger partial charge in [0.25, 0.3) is 0 Å². The summed E-state index contributed by atoms with van der Waals surface area (Å²) in [6.07, 6.45) is -6.33. The second kappa shape index (κ2) is 5.74.